The second kappa shape index (κ2) is 4.59. The van der Waals surface area contributed by atoms with Crippen molar-refractivity contribution in [3.05, 3.63) is 46.7 Å². The zero-order chi connectivity index (χ0) is 12.4. The van der Waals surface area contributed by atoms with E-state index < -0.39 is 5.97 Å². The third kappa shape index (κ3) is 2.17. The molecule has 0 fully saturated rings. The van der Waals surface area contributed by atoms with E-state index in [1.807, 2.05) is 13.0 Å². The molecular weight excluding hydrogens is 240 g/mol. The average Bonchev–Trinajstić information content (AvgIpc) is 2.81. The van der Waals surface area contributed by atoms with E-state index in [2.05, 4.69) is 9.84 Å². The number of esters is 1. The molecule has 0 atom stereocenters. The van der Waals surface area contributed by atoms with Crippen molar-refractivity contribution in [3.63, 3.8) is 0 Å². The minimum Gasteiger partial charge on any atom is -0.465 e. The van der Waals surface area contributed by atoms with Gasteiger partial charge in [0.2, 0.25) is 0 Å². The first-order valence-corrected chi connectivity index (χ1v) is 5.39. The fourth-order valence-electron chi connectivity index (χ4n) is 1.59. The minimum absolute atomic E-state index is 0.338. The summed E-state index contributed by atoms with van der Waals surface area (Å²) < 4.78 is 6.35. The maximum absolute atomic E-state index is 11.5. The molecule has 0 aliphatic heterocycles. The minimum atomic E-state index is -0.455. The van der Waals surface area contributed by atoms with Crippen LogP contribution in [0.5, 0.6) is 0 Å². The molecule has 1 aromatic heterocycles. The lowest BCUT2D eigenvalue weighted by atomic mass is 10.1. The molecule has 5 heteroatoms. The molecule has 0 radical (unpaired) electrons. The van der Waals surface area contributed by atoms with E-state index in [4.69, 9.17) is 11.6 Å². The lowest BCUT2D eigenvalue weighted by Gasteiger charge is -2.09. The normalized spacial score (nSPS) is 10.3. The molecule has 1 aromatic carbocycles. The molecule has 0 N–H and O–H groups in total. The van der Waals surface area contributed by atoms with Gasteiger partial charge in [0.15, 0.2) is 0 Å². The van der Waals surface area contributed by atoms with E-state index in [-0.39, 0.29) is 0 Å². The monoisotopic (exact) mass is 250 g/mol. The molecule has 2 rings (SSSR count). The topological polar surface area (TPSA) is 44.1 Å². The van der Waals surface area contributed by atoms with Crippen LogP contribution in [-0.4, -0.2) is 22.9 Å². The van der Waals surface area contributed by atoms with E-state index >= 15 is 0 Å². The number of nitrogens with zero attached hydrogens (tertiary/aromatic N) is 2. The highest BCUT2D eigenvalue weighted by Crippen LogP contribution is 2.24. The first kappa shape index (κ1) is 11.7. The smallest absolute Gasteiger partial charge is 0.339 e. The van der Waals surface area contributed by atoms with Crippen molar-refractivity contribution < 1.29 is 9.53 Å². The number of hydrogen-bond acceptors (Lipinski definition) is 3. The number of aromatic nitrogens is 2. The van der Waals surface area contributed by atoms with Gasteiger partial charge in [-0.1, -0.05) is 11.6 Å². The molecule has 0 bridgehead atoms. The predicted octanol–water partition coefficient (Wildman–Crippen LogP) is 2.62. The molecule has 17 heavy (non-hydrogen) atoms. The summed E-state index contributed by atoms with van der Waals surface area (Å²) >= 11 is 6.01. The standard InChI is InChI=1S/C12H11ClN2O2/c1-8-6-10(13)9(12(16)17-2)7-11(8)15-5-3-4-14-15/h3-7H,1-2H3. The van der Waals surface area contributed by atoms with Crippen LogP contribution in [0.1, 0.15) is 15.9 Å². The summed E-state index contributed by atoms with van der Waals surface area (Å²) in [4.78, 5) is 11.5. The summed E-state index contributed by atoms with van der Waals surface area (Å²) in [5.41, 5.74) is 2.08. The summed E-state index contributed by atoms with van der Waals surface area (Å²) in [6.07, 6.45) is 3.48. The number of carbonyl (C=O) groups excluding carboxylic acids is 1. The molecule has 0 spiro atoms. The van der Waals surface area contributed by atoms with Crippen molar-refractivity contribution in [1.29, 1.82) is 0 Å². The summed E-state index contributed by atoms with van der Waals surface area (Å²) in [5.74, 6) is -0.455. The van der Waals surface area contributed by atoms with Gasteiger partial charge < -0.3 is 4.74 Å². The predicted molar refractivity (Wildman–Crippen MR) is 64.7 cm³/mol. The van der Waals surface area contributed by atoms with Crippen LogP contribution in [0.25, 0.3) is 5.69 Å². The van der Waals surface area contributed by atoms with Crippen LogP contribution in [0.15, 0.2) is 30.6 Å². The van der Waals surface area contributed by atoms with Crippen LogP contribution in [0.4, 0.5) is 0 Å². The molecule has 0 unspecified atom stereocenters. The van der Waals surface area contributed by atoms with E-state index in [1.54, 1.807) is 29.2 Å². The Hall–Kier alpha value is -1.81. The van der Waals surface area contributed by atoms with Crippen molar-refractivity contribution in [2.45, 2.75) is 6.92 Å². The fraction of sp³-hybridized carbons (Fsp3) is 0.167. The van der Waals surface area contributed by atoms with Crippen molar-refractivity contribution in [1.82, 2.24) is 9.78 Å². The van der Waals surface area contributed by atoms with Crippen LogP contribution in [-0.2, 0) is 4.74 Å². The Bertz CT molecular complexity index is 550. The van der Waals surface area contributed by atoms with E-state index in [0.717, 1.165) is 11.3 Å². The zero-order valence-electron chi connectivity index (χ0n) is 9.48. The van der Waals surface area contributed by atoms with Gasteiger partial charge in [-0.05, 0) is 30.7 Å². The van der Waals surface area contributed by atoms with Crippen molar-refractivity contribution in [3.8, 4) is 5.69 Å². The molecule has 0 saturated carbocycles. The summed E-state index contributed by atoms with van der Waals surface area (Å²) in [6, 6.07) is 5.22. The lowest BCUT2D eigenvalue weighted by molar-refractivity contribution is 0.0601. The van der Waals surface area contributed by atoms with Gasteiger partial charge in [0.1, 0.15) is 0 Å². The number of rotatable bonds is 2. The number of benzene rings is 1. The first-order valence-electron chi connectivity index (χ1n) is 5.02. The van der Waals surface area contributed by atoms with E-state index in [9.17, 15) is 4.79 Å². The van der Waals surface area contributed by atoms with Gasteiger partial charge in [0.05, 0.1) is 23.4 Å². The Morgan fingerprint density at radius 1 is 1.47 bits per heavy atom. The van der Waals surface area contributed by atoms with Crippen LogP contribution in [0.3, 0.4) is 0 Å². The molecule has 0 amide bonds. The van der Waals surface area contributed by atoms with E-state index in [0.29, 0.717) is 10.6 Å². The number of carbonyl (C=O) groups is 1. The summed E-state index contributed by atoms with van der Waals surface area (Å²) in [6.45, 7) is 1.91. The van der Waals surface area contributed by atoms with Gasteiger partial charge in [-0.15, -0.1) is 0 Å². The number of ether oxygens (including phenoxy) is 1. The molecule has 0 aliphatic rings. The summed E-state index contributed by atoms with van der Waals surface area (Å²) in [7, 11) is 1.33. The van der Waals surface area contributed by atoms with Crippen LogP contribution >= 0.6 is 11.6 Å². The maximum Gasteiger partial charge on any atom is 0.339 e. The first-order chi connectivity index (χ1) is 8.13. The summed E-state index contributed by atoms with van der Waals surface area (Å²) in [5, 5.41) is 4.50. The lowest BCUT2D eigenvalue weighted by Crippen LogP contribution is -2.06. The third-order valence-corrected chi connectivity index (χ3v) is 2.75. The Balaban J connectivity index is 2.58. The second-order valence-corrected chi connectivity index (χ2v) is 3.97. The maximum atomic E-state index is 11.5. The molecule has 1 heterocycles. The van der Waals surface area contributed by atoms with Crippen molar-refractivity contribution >= 4 is 17.6 Å². The fourth-order valence-corrected chi connectivity index (χ4v) is 1.88. The van der Waals surface area contributed by atoms with Gasteiger partial charge in [0, 0.05) is 12.4 Å². The zero-order valence-corrected chi connectivity index (χ0v) is 10.2. The third-order valence-electron chi connectivity index (χ3n) is 2.44. The highest BCUT2D eigenvalue weighted by molar-refractivity contribution is 6.33. The largest absolute Gasteiger partial charge is 0.465 e. The van der Waals surface area contributed by atoms with Crippen LogP contribution in [0, 0.1) is 6.92 Å². The number of hydrogen-bond donors (Lipinski definition) is 0. The van der Waals surface area contributed by atoms with Gasteiger partial charge in [0.25, 0.3) is 0 Å². The highest BCUT2D eigenvalue weighted by atomic mass is 35.5. The second-order valence-electron chi connectivity index (χ2n) is 3.56. The van der Waals surface area contributed by atoms with Gasteiger partial charge in [-0.25, -0.2) is 9.48 Å². The average molecular weight is 251 g/mol. The number of aryl methyl sites for hydroxylation is 1. The SMILES string of the molecule is COC(=O)c1cc(-n2cccn2)c(C)cc1Cl. The van der Waals surface area contributed by atoms with Gasteiger partial charge >= 0.3 is 5.97 Å². The number of methoxy groups -OCH3 is 1. The Labute approximate surface area is 104 Å². The van der Waals surface area contributed by atoms with Gasteiger partial charge in [-0.2, -0.15) is 5.10 Å². The molecule has 4 nitrogen and oxygen atoms in total. The molecular formula is C12H11ClN2O2. The number of halogens is 1. The van der Waals surface area contributed by atoms with Crippen molar-refractivity contribution in [2.24, 2.45) is 0 Å². The van der Waals surface area contributed by atoms with Crippen LogP contribution < -0.4 is 0 Å². The van der Waals surface area contributed by atoms with Crippen molar-refractivity contribution in [2.75, 3.05) is 7.11 Å². The Morgan fingerprint density at radius 2 is 2.24 bits per heavy atom. The van der Waals surface area contributed by atoms with E-state index in [1.165, 1.54) is 7.11 Å². The Morgan fingerprint density at radius 3 is 2.82 bits per heavy atom. The Kier molecular flexibility index (Phi) is 3.15. The molecule has 2 aromatic rings. The molecule has 0 saturated heterocycles. The van der Waals surface area contributed by atoms with Crippen LogP contribution in [0.2, 0.25) is 5.02 Å². The molecule has 88 valence electrons. The van der Waals surface area contributed by atoms with Gasteiger partial charge in [-0.3, -0.25) is 0 Å². The molecule has 0 aliphatic carbocycles. The quantitative estimate of drug-likeness (QED) is 0.770. The highest BCUT2D eigenvalue weighted by Gasteiger charge is 2.14.